The van der Waals surface area contributed by atoms with Gasteiger partial charge in [-0.3, -0.25) is 9.59 Å². The van der Waals surface area contributed by atoms with Crippen LogP contribution in [0.2, 0.25) is 10.0 Å². The van der Waals surface area contributed by atoms with Crippen molar-refractivity contribution in [1.82, 2.24) is 40.5 Å². The quantitative estimate of drug-likeness (QED) is 0.0407. The first-order valence-corrected chi connectivity index (χ1v) is 27.8. The molecule has 10 rings (SSSR count). The molecule has 4 fully saturated rings. The Labute approximate surface area is 487 Å². The Morgan fingerprint density at radius 3 is 1.63 bits per heavy atom. The molecule has 4 aliphatic heterocycles. The highest BCUT2D eigenvalue weighted by Crippen LogP contribution is 2.47. The lowest BCUT2D eigenvalue weighted by Crippen LogP contribution is -2.45. The maximum Gasteiger partial charge on any atom is 0.243 e. The van der Waals surface area contributed by atoms with Crippen LogP contribution in [0.3, 0.4) is 0 Å². The smallest absolute Gasteiger partial charge is 0.243 e. The monoisotopic (exact) mass is 1180 g/mol. The highest BCUT2D eigenvalue weighted by atomic mass is 35.5. The van der Waals surface area contributed by atoms with E-state index in [1.54, 1.807) is 25.6 Å². The molecular formula is C57H64Cl2F2N12O10. The lowest BCUT2D eigenvalue weighted by molar-refractivity contribution is -0.118. The van der Waals surface area contributed by atoms with Crippen LogP contribution in [0.25, 0.3) is 44.3 Å². The van der Waals surface area contributed by atoms with E-state index in [9.17, 15) is 9.59 Å². The minimum atomic E-state index is -0.953. The molecular weight excluding hydrogens is 1120 g/mol. The SMILES string of the molecule is C=CC(=O)N[C@H]1COC[C@H]1Nc1ncc2cc(-c3c(F)c(OC)cc(OC)c3F)nc(N3CCC(OCCOc4cc(OC)c(Cl)c(-c5cc6cnc(N[C@@H]7COC[C@@H]7NC(=O)C=C)nc6c(N6CCC(C)(OC)CC6)n5)c4Cl)CC3)c2n1. The molecule has 440 valence electrons. The first kappa shape index (κ1) is 58.7. The molecule has 2 amide bonds. The van der Waals surface area contributed by atoms with Gasteiger partial charge < -0.3 is 69.0 Å². The van der Waals surface area contributed by atoms with Crippen molar-refractivity contribution in [1.29, 1.82) is 0 Å². The van der Waals surface area contributed by atoms with E-state index in [1.165, 1.54) is 39.5 Å². The molecule has 0 bridgehead atoms. The fourth-order valence-electron chi connectivity index (χ4n) is 10.5. The zero-order valence-electron chi connectivity index (χ0n) is 46.5. The van der Waals surface area contributed by atoms with E-state index < -0.39 is 17.2 Å². The van der Waals surface area contributed by atoms with Crippen molar-refractivity contribution in [3.8, 4) is 45.5 Å². The number of carbonyl (C=O) groups is 2. The van der Waals surface area contributed by atoms with E-state index in [1.807, 2.05) is 11.0 Å². The molecule has 4 aliphatic rings. The fraction of sp³-hybridized carbons (Fsp3) is 0.439. The highest BCUT2D eigenvalue weighted by molar-refractivity contribution is 6.41. The number of piperidine rings is 2. The van der Waals surface area contributed by atoms with Crippen molar-refractivity contribution in [3.63, 3.8) is 0 Å². The molecule has 0 aliphatic carbocycles. The zero-order valence-corrected chi connectivity index (χ0v) is 48.0. The normalized spacial score (nSPS) is 19.8. The number of aromatic nitrogens is 6. The molecule has 4 saturated heterocycles. The van der Waals surface area contributed by atoms with Crippen LogP contribution in [0.15, 0.2) is 62.0 Å². The summed E-state index contributed by atoms with van der Waals surface area (Å²) in [4.78, 5) is 57.7. The minimum Gasteiger partial charge on any atom is -0.495 e. The van der Waals surface area contributed by atoms with Crippen molar-refractivity contribution in [2.45, 2.75) is 68.5 Å². The number of ether oxygens (including phenoxy) is 8. The predicted octanol–water partition coefficient (Wildman–Crippen LogP) is 7.34. The highest BCUT2D eigenvalue weighted by Gasteiger charge is 2.35. The summed E-state index contributed by atoms with van der Waals surface area (Å²) in [5, 5.41) is 13.9. The number of benzene rings is 2. The van der Waals surface area contributed by atoms with Gasteiger partial charge in [-0.2, -0.15) is 0 Å². The largest absolute Gasteiger partial charge is 0.495 e. The summed E-state index contributed by atoms with van der Waals surface area (Å²) in [7, 11) is 5.78. The summed E-state index contributed by atoms with van der Waals surface area (Å²) < 4.78 is 78.3. The summed E-state index contributed by atoms with van der Waals surface area (Å²) in [6, 6.07) is 4.72. The number of nitrogens with one attached hydrogen (secondary N) is 4. The van der Waals surface area contributed by atoms with Crippen LogP contribution in [-0.2, 0) is 28.5 Å². The fourth-order valence-corrected chi connectivity index (χ4v) is 11.2. The molecule has 0 saturated carbocycles. The van der Waals surface area contributed by atoms with Gasteiger partial charge in [0.25, 0.3) is 0 Å². The van der Waals surface area contributed by atoms with E-state index in [0.29, 0.717) is 114 Å². The standard InChI is InChI=1S/C57H64Cl2F2N12O10/c1-8-43(74)64-35-26-80-28-37(35)68-55-63-25-31-21-34(46-49(60)41(77-5)23-42(78-6)50(46)61)67-53(51(31)70-55)72-14-10-32(11-15-72)82-18-19-83-40-22-39(76-4)47(58)45(48(40)59)33-20-30-24-62-56(69-38-29-81-27-36(38)65-44(75)9-2)71-52(30)54(66-33)73-16-12-57(3,79-7)13-17-73/h8-9,20-25,32,35-38H,1-2,10-19,26-29H2,3-7H3,(H,64,74)(H,65,75)(H,62,69,71)(H,63,68,70)/t35-,36-,37+,38+/m0/s1. The molecule has 26 heteroatoms. The Kier molecular flexibility index (Phi) is 18.1. The molecule has 0 spiro atoms. The molecule has 4 atom stereocenters. The summed E-state index contributed by atoms with van der Waals surface area (Å²) in [6.07, 6.45) is 8.02. The van der Waals surface area contributed by atoms with Crippen LogP contribution in [0, 0.1) is 11.6 Å². The van der Waals surface area contributed by atoms with Gasteiger partial charge in [-0.25, -0.2) is 38.7 Å². The lowest BCUT2D eigenvalue weighted by atomic mass is 9.93. The number of rotatable bonds is 21. The third-order valence-electron chi connectivity index (χ3n) is 15.4. The number of nitrogens with zero attached hydrogens (tertiary/aromatic N) is 8. The van der Waals surface area contributed by atoms with Gasteiger partial charge in [0.15, 0.2) is 34.8 Å². The summed E-state index contributed by atoms with van der Waals surface area (Å²) >= 11 is 14.4. The molecule has 6 aromatic rings. The maximum atomic E-state index is 16.1. The van der Waals surface area contributed by atoms with E-state index in [4.69, 9.17) is 81.0 Å². The number of carbonyl (C=O) groups excluding carboxylic acids is 2. The zero-order chi connectivity index (χ0) is 58.5. The van der Waals surface area contributed by atoms with Gasteiger partial charge in [-0.15, -0.1) is 0 Å². The lowest BCUT2D eigenvalue weighted by Gasteiger charge is -2.39. The van der Waals surface area contributed by atoms with Crippen LogP contribution in [0.1, 0.15) is 32.6 Å². The second-order valence-corrected chi connectivity index (χ2v) is 21.3. The molecule has 4 aromatic heterocycles. The van der Waals surface area contributed by atoms with E-state index in [0.717, 1.165) is 18.9 Å². The van der Waals surface area contributed by atoms with E-state index in [-0.39, 0.29) is 107 Å². The Balaban J connectivity index is 0.867. The number of fused-ring (bicyclic) bond motifs is 2. The molecule has 0 radical (unpaired) electrons. The van der Waals surface area contributed by atoms with Gasteiger partial charge in [-0.1, -0.05) is 36.4 Å². The number of hydrogen-bond acceptors (Lipinski definition) is 20. The number of hydrogen-bond donors (Lipinski definition) is 4. The van der Waals surface area contributed by atoms with Crippen LogP contribution in [0.4, 0.5) is 32.3 Å². The summed E-state index contributed by atoms with van der Waals surface area (Å²) in [5.74, 6) is -0.895. The van der Waals surface area contributed by atoms with Crippen LogP contribution in [0.5, 0.6) is 23.0 Å². The molecule has 2 aromatic carbocycles. The predicted molar refractivity (Wildman–Crippen MR) is 309 cm³/mol. The van der Waals surface area contributed by atoms with Gasteiger partial charge in [0.05, 0.1) is 117 Å². The minimum absolute atomic E-state index is 0.0237. The first-order valence-electron chi connectivity index (χ1n) is 27.0. The summed E-state index contributed by atoms with van der Waals surface area (Å²) in [5.41, 5.74) is 1.05. The molecule has 4 N–H and O–H groups in total. The van der Waals surface area contributed by atoms with Crippen molar-refractivity contribution in [2.75, 3.05) is 115 Å². The Bertz CT molecular complexity index is 3400. The van der Waals surface area contributed by atoms with Gasteiger partial charge >= 0.3 is 0 Å². The number of halogens is 4. The average Bonchev–Trinajstić information content (AvgIpc) is 3.26. The average molecular weight is 1190 g/mol. The first-order chi connectivity index (χ1) is 40.1. The summed E-state index contributed by atoms with van der Waals surface area (Å²) in [6.45, 7) is 12.8. The van der Waals surface area contributed by atoms with E-state index in [2.05, 4.69) is 56.2 Å². The number of methoxy groups -OCH3 is 4. The Morgan fingerprint density at radius 2 is 1.13 bits per heavy atom. The van der Waals surface area contributed by atoms with Crippen LogP contribution >= 0.6 is 23.2 Å². The van der Waals surface area contributed by atoms with Crippen molar-refractivity contribution in [2.24, 2.45) is 0 Å². The Hall–Kier alpha value is -7.48. The molecule has 83 heavy (non-hydrogen) atoms. The third kappa shape index (κ3) is 12.6. The number of pyridine rings is 2. The van der Waals surface area contributed by atoms with Crippen LogP contribution in [-0.4, -0.2) is 172 Å². The van der Waals surface area contributed by atoms with E-state index >= 15 is 8.78 Å². The van der Waals surface area contributed by atoms with Crippen molar-refractivity contribution < 1.29 is 56.3 Å². The molecule has 8 heterocycles. The van der Waals surface area contributed by atoms with Gasteiger partial charge in [0.1, 0.15) is 29.1 Å². The van der Waals surface area contributed by atoms with Gasteiger partial charge in [0, 0.05) is 74.2 Å². The molecule has 0 unspecified atom stereocenters. The third-order valence-corrected chi connectivity index (χ3v) is 16.2. The van der Waals surface area contributed by atoms with Crippen molar-refractivity contribution in [3.05, 3.63) is 83.6 Å². The number of amides is 2. The molecule has 22 nitrogen and oxygen atoms in total. The Morgan fingerprint density at radius 1 is 0.663 bits per heavy atom. The van der Waals surface area contributed by atoms with Gasteiger partial charge in [0.2, 0.25) is 23.7 Å². The van der Waals surface area contributed by atoms with Crippen molar-refractivity contribution >= 4 is 80.4 Å². The topological polar surface area (TPSA) is 240 Å². The number of anilines is 4. The maximum absolute atomic E-state index is 16.1. The van der Waals surface area contributed by atoms with Crippen LogP contribution < -0.4 is 50.0 Å². The second-order valence-electron chi connectivity index (χ2n) is 20.6. The second kappa shape index (κ2) is 25.6. The van der Waals surface area contributed by atoms with Gasteiger partial charge in [-0.05, 0) is 56.9 Å².